The molecule has 2 aromatic rings. The summed E-state index contributed by atoms with van der Waals surface area (Å²) < 4.78 is 0. The van der Waals surface area contributed by atoms with Gasteiger partial charge in [0.05, 0.1) is 23.5 Å². The fourth-order valence-corrected chi connectivity index (χ4v) is 5.08. The van der Waals surface area contributed by atoms with Gasteiger partial charge in [0, 0.05) is 17.1 Å². The molecule has 2 aliphatic heterocycles. The number of anilines is 3. The molecule has 2 aliphatic rings. The Hall–Kier alpha value is -4.16. The molecule has 0 radical (unpaired) electrons. The lowest BCUT2D eigenvalue weighted by Crippen LogP contribution is -2.56. The summed E-state index contributed by atoms with van der Waals surface area (Å²) >= 11 is 0. The van der Waals surface area contributed by atoms with Gasteiger partial charge in [0.2, 0.25) is 11.8 Å². The monoisotopic (exact) mass is 614 g/mol. The molecule has 0 bridgehead atoms. The molecule has 12 nitrogen and oxygen atoms in total. The zero-order valence-corrected chi connectivity index (χ0v) is 25.6. The van der Waals surface area contributed by atoms with Crippen LogP contribution in [0, 0.1) is 5.41 Å². The molecule has 43 heavy (non-hydrogen) atoms. The number of piperidine rings is 1. The summed E-state index contributed by atoms with van der Waals surface area (Å²) in [5.41, 5.74) is 0.238. The van der Waals surface area contributed by atoms with Gasteiger partial charge in [0.15, 0.2) is 0 Å². The van der Waals surface area contributed by atoms with Crippen molar-refractivity contribution in [3.63, 3.8) is 0 Å². The molecule has 0 spiro atoms. The van der Waals surface area contributed by atoms with Crippen molar-refractivity contribution in [2.75, 3.05) is 48.3 Å². The first kappa shape index (κ1) is 33.3. The molecule has 1 saturated heterocycles. The average Bonchev–Trinajstić information content (AvgIpc) is 3.04. The summed E-state index contributed by atoms with van der Waals surface area (Å²) in [6, 6.07) is 10.6. The van der Waals surface area contributed by atoms with Crippen molar-refractivity contribution in [2.24, 2.45) is 5.41 Å². The van der Waals surface area contributed by atoms with Crippen molar-refractivity contribution in [3.05, 3.63) is 54.1 Å². The van der Waals surface area contributed by atoms with Crippen molar-refractivity contribution in [1.82, 2.24) is 15.5 Å². The number of para-hydroxylation sites is 2. The van der Waals surface area contributed by atoms with E-state index in [-0.39, 0.29) is 54.6 Å². The quantitative estimate of drug-likeness (QED) is 0.390. The number of nitrogens with zero attached hydrogens (tertiary/aromatic N) is 3. The van der Waals surface area contributed by atoms with Crippen LogP contribution in [0.5, 0.6) is 0 Å². The summed E-state index contributed by atoms with van der Waals surface area (Å²) in [6.45, 7) is 6.56. The number of carbonyl (C=O) groups is 5. The minimum Gasteiger partial charge on any atom is -0.478 e. The third-order valence-corrected chi connectivity index (χ3v) is 7.34. The van der Waals surface area contributed by atoms with E-state index in [1.165, 1.54) is 34.1 Å². The second-order valence-corrected chi connectivity index (χ2v) is 11.8. The van der Waals surface area contributed by atoms with E-state index in [4.69, 9.17) is 0 Å². The van der Waals surface area contributed by atoms with Crippen LogP contribution in [0.3, 0.4) is 0 Å². The van der Waals surface area contributed by atoms with Crippen LogP contribution < -0.4 is 25.8 Å². The number of rotatable bonds is 6. The Morgan fingerprint density at radius 3 is 2.23 bits per heavy atom. The highest BCUT2D eigenvalue weighted by molar-refractivity contribution is 6.11. The van der Waals surface area contributed by atoms with E-state index < -0.39 is 29.4 Å². The zero-order chi connectivity index (χ0) is 30.6. The molecule has 0 aliphatic carbocycles. The molecule has 4 rings (SSSR count). The van der Waals surface area contributed by atoms with Gasteiger partial charge in [-0.25, -0.2) is 9.59 Å². The zero-order valence-electron chi connectivity index (χ0n) is 24.8. The van der Waals surface area contributed by atoms with E-state index >= 15 is 0 Å². The lowest BCUT2D eigenvalue weighted by atomic mass is 9.94. The summed E-state index contributed by atoms with van der Waals surface area (Å²) in [7, 11) is 2.03. The van der Waals surface area contributed by atoms with E-state index in [2.05, 4.69) is 20.9 Å². The largest absolute Gasteiger partial charge is 0.478 e. The van der Waals surface area contributed by atoms with Crippen LogP contribution in [0.15, 0.2) is 48.5 Å². The van der Waals surface area contributed by atoms with Crippen molar-refractivity contribution in [1.29, 1.82) is 0 Å². The Morgan fingerprint density at radius 1 is 0.953 bits per heavy atom. The number of likely N-dealkylation sites (tertiary alicyclic amines) is 1. The first-order valence-electron chi connectivity index (χ1n) is 13.9. The molecule has 232 valence electrons. The predicted molar refractivity (Wildman–Crippen MR) is 166 cm³/mol. The number of carboxylic acid groups (broad SMARTS) is 1. The molecule has 2 heterocycles. The Kier molecular flexibility index (Phi) is 10.8. The van der Waals surface area contributed by atoms with Gasteiger partial charge in [0.1, 0.15) is 12.6 Å². The van der Waals surface area contributed by atoms with Gasteiger partial charge in [-0.3, -0.25) is 19.3 Å². The van der Waals surface area contributed by atoms with Gasteiger partial charge >= 0.3 is 12.0 Å². The number of carboxylic acids is 1. The van der Waals surface area contributed by atoms with E-state index in [0.717, 1.165) is 25.9 Å². The second kappa shape index (κ2) is 13.9. The number of hydrogen-bond acceptors (Lipinski definition) is 6. The number of carbonyl (C=O) groups excluding carboxylic acids is 4. The van der Waals surface area contributed by atoms with Crippen LogP contribution in [0.2, 0.25) is 0 Å². The number of nitrogens with one attached hydrogen (secondary N) is 3. The average molecular weight is 615 g/mol. The highest BCUT2D eigenvalue weighted by Gasteiger charge is 2.40. The van der Waals surface area contributed by atoms with Crippen molar-refractivity contribution < 1.29 is 29.1 Å². The first-order chi connectivity index (χ1) is 19.8. The molecule has 13 heteroatoms. The molecule has 0 saturated carbocycles. The second-order valence-electron chi connectivity index (χ2n) is 11.8. The van der Waals surface area contributed by atoms with E-state index in [1.54, 1.807) is 45.0 Å². The standard InChI is InChI=1S/C30H38N6O6.ClH/c1-30(2,3)28(41)36-17-22(33-29(42)32-21-9-7-8-19(16-21)27(39)40)26(38)35(23-10-5-6-11-24(23)36)18-25(37)31-20-12-14-34(4)15-13-20;/h5-11,16,20,22H,12-15,17-18H2,1-4H3,(H,31,37)(H,39,40)(H2,32,33,42);1H. The molecular weight excluding hydrogens is 576 g/mol. The Balaban J connectivity index is 0.00000506. The molecule has 1 atom stereocenters. The molecular formula is C30H39ClN6O6. The topological polar surface area (TPSA) is 151 Å². The summed E-state index contributed by atoms with van der Waals surface area (Å²) in [5, 5.41) is 17.5. The number of amides is 5. The maximum absolute atomic E-state index is 14.0. The van der Waals surface area contributed by atoms with Crippen LogP contribution in [-0.2, 0) is 14.4 Å². The number of hydrogen-bond donors (Lipinski definition) is 4. The Labute approximate surface area is 257 Å². The first-order valence-corrected chi connectivity index (χ1v) is 13.9. The number of aromatic carboxylic acids is 1. The fraction of sp³-hybridized carbons (Fsp3) is 0.433. The smallest absolute Gasteiger partial charge is 0.335 e. The predicted octanol–water partition coefficient (Wildman–Crippen LogP) is 2.93. The van der Waals surface area contributed by atoms with E-state index in [1.807, 2.05) is 7.05 Å². The SMILES string of the molecule is CN1CCC(NC(=O)CN2C(=O)C(NC(=O)Nc3cccc(C(=O)O)c3)CN(C(=O)C(C)(C)C)c3ccccc32)CC1.Cl. The Bertz CT molecular complexity index is 1370. The lowest BCUT2D eigenvalue weighted by Gasteiger charge is -2.31. The van der Waals surface area contributed by atoms with Crippen LogP contribution >= 0.6 is 12.4 Å². The van der Waals surface area contributed by atoms with Crippen LogP contribution in [0.4, 0.5) is 21.9 Å². The summed E-state index contributed by atoms with van der Waals surface area (Å²) in [4.78, 5) is 70.2. The van der Waals surface area contributed by atoms with Gasteiger partial charge in [-0.2, -0.15) is 0 Å². The third kappa shape index (κ3) is 8.23. The van der Waals surface area contributed by atoms with Gasteiger partial charge in [-0.15, -0.1) is 12.4 Å². The fourth-order valence-electron chi connectivity index (χ4n) is 5.08. The van der Waals surface area contributed by atoms with Crippen LogP contribution in [0.25, 0.3) is 0 Å². The van der Waals surface area contributed by atoms with Crippen LogP contribution in [0.1, 0.15) is 44.0 Å². The highest BCUT2D eigenvalue weighted by Crippen LogP contribution is 2.35. The minimum atomic E-state index is -1.21. The van der Waals surface area contributed by atoms with Crippen molar-refractivity contribution in [2.45, 2.75) is 45.7 Å². The van der Waals surface area contributed by atoms with Gasteiger partial charge in [-0.1, -0.05) is 39.0 Å². The normalized spacial score (nSPS) is 17.7. The van der Waals surface area contributed by atoms with Gasteiger partial charge < -0.3 is 30.9 Å². The molecule has 2 aromatic carbocycles. The number of fused-ring (bicyclic) bond motifs is 1. The number of urea groups is 1. The lowest BCUT2D eigenvalue weighted by molar-refractivity contribution is -0.126. The molecule has 4 N–H and O–H groups in total. The maximum Gasteiger partial charge on any atom is 0.335 e. The number of halogens is 1. The van der Waals surface area contributed by atoms with E-state index in [0.29, 0.717) is 11.4 Å². The van der Waals surface area contributed by atoms with Gasteiger partial charge in [0.25, 0.3) is 5.91 Å². The summed E-state index contributed by atoms with van der Waals surface area (Å²) in [5.74, 6) is -2.31. The van der Waals surface area contributed by atoms with Crippen molar-refractivity contribution in [3.8, 4) is 0 Å². The molecule has 1 fully saturated rings. The Morgan fingerprint density at radius 2 is 1.60 bits per heavy atom. The highest BCUT2D eigenvalue weighted by atomic mass is 35.5. The maximum atomic E-state index is 14.0. The minimum absolute atomic E-state index is 0. The van der Waals surface area contributed by atoms with Gasteiger partial charge in [-0.05, 0) is 63.3 Å². The molecule has 5 amide bonds. The summed E-state index contributed by atoms with van der Waals surface area (Å²) in [6.07, 6.45) is 1.60. The third-order valence-electron chi connectivity index (χ3n) is 7.34. The molecule has 0 aromatic heterocycles. The van der Waals surface area contributed by atoms with E-state index in [9.17, 15) is 29.1 Å². The molecule has 1 unspecified atom stereocenters. The number of benzene rings is 2. The van der Waals surface area contributed by atoms with Crippen LogP contribution in [-0.4, -0.2) is 85.0 Å². The van der Waals surface area contributed by atoms with Crippen molar-refractivity contribution >= 4 is 59.2 Å².